The molecule has 100 heavy (non-hydrogen) atoms. The molecule has 3 aromatic carbocycles. The van der Waals surface area contributed by atoms with Crippen molar-refractivity contribution in [1.29, 1.82) is 42.1 Å². The molecule has 0 amide bonds. The molecule has 20 nitrogen and oxygen atoms in total. The molecule has 544 valence electrons. The minimum atomic E-state index is 0.202. The molecule has 3 aromatic rings. The fourth-order valence-electron chi connectivity index (χ4n) is 12.6. The zero-order valence-corrected chi connectivity index (χ0v) is 61.2. The lowest BCUT2D eigenvalue weighted by Gasteiger charge is -2.30. The van der Waals surface area contributed by atoms with Crippen LogP contribution in [0.25, 0.3) is 0 Å². The lowest BCUT2D eigenvalue weighted by molar-refractivity contribution is 0.0118. The summed E-state index contributed by atoms with van der Waals surface area (Å²) >= 11 is 1.87. The van der Waals surface area contributed by atoms with Crippen LogP contribution in [0.1, 0.15) is 163 Å². The SMILES string of the molecule is N#CCCCN(CCCC#N)CCCN(CCCN(CCCC#N)CCCC#N)CCCN(CCCN(CCCN(CCCC#N)CCCC#N)CCCN(CCCC#N)CCCC#N)CCc1ccc(OCCOCCOCCOCCSC2c3ccccc3Oc3ccccc32)cc1. The first-order valence-electron chi connectivity index (χ1n) is 37.3. The van der Waals surface area contributed by atoms with Crippen LogP contribution in [-0.4, -0.2) is 224 Å². The molecular weight excluding hydrogens is 1270 g/mol. The first kappa shape index (κ1) is 85.5. The van der Waals surface area contributed by atoms with Gasteiger partial charge in [0.15, 0.2) is 0 Å². The van der Waals surface area contributed by atoms with Crippen molar-refractivity contribution in [3.63, 3.8) is 0 Å². The highest BCUT2D eigenvalue weighted by Gasteiger charge is 2.27. The second-order valence-electron chi connectivity index (χ2n) is 25.6. The molecule has 0 aliphatic carbocycles. The van der Waals surface area contributed by atoms with Crippen molar-refractivity contribution >= 4 is 11.8 Å². The maximum Gasteiger partial charge on any atom is 0.132 e. The van der Waals surface area contributed by atoms with Crippen LogP contribution in [0.2, 0.25) is 0 Å². The highest BCUT2D eigenvalue weighted by molar-refractivity contribution is 7.99. The van der Waals surface area contributed by atoms with E-state index in [1.807, 2.05) is 36.0 Å². The van der Waals surface area contributed by atoms with E-state index in [0.29, 0.717) is 97.6 Å². The van der Waals surface area contributed by atoms with E-state index in [2.05, 4.69) is 131 Å². The fourth-order valence-corrected chi connectivity index (χ4v) is 13.8. The number of nitrogens with zero attached hydrogens (tertiary/aromatic N) is 15. The first-order chi connectivity index (χ1) is 49.4. The quantitative estimate of drug-likeness (QED) is 0.0476. The summed E-state index contributed by atoms with van der Waals surface area (Å²) in [5.74, 6) is 3.49. The van der Waals surface area contributed by atoms with Crippen LogP contribution in [0, 0.1) is 90.6 Å². The lowest BCUT2D eigenvalue weighted by atomic mass is 10.00. The molecule has 0 radical (unpaired) electrons. The van der Waals surface area contributed by atoms with E-state index in [1.165, 1.54) is 16.7 Å². The number of fused-ring (bicyclic) bond motifs is 2. The summed E-state index contributed by atoms with van der Waals surface area (Å²) in [7, 11) is 0. The van der Waals surface area contributed by atoms with Gasteiger partial charge in [0, 0.05) is 74.8 Å². The van der Waals surface area contributed by atoms with Gasteiger partial charge in [-0.1, -0.05) is 48.5 Å². The number of benzene rings is 3. The molecular formula is C79H117N15O5S. The Morgan fingerprint density at radius 3 is 0.860 bits per heavy atom. The molecule has 0 saturated carbocycles. The molecule has 1 heterocycles. The van der Waals surface area contributed by atoms with Gasteiger partial charge in [-0.3, -0.25) is 0 Å². The predicted octanol–water partition coefficient (Wildman–Crippen LogP) is 13.2. The fraction of sp³-hybridized carbons (Fsp3) is 0.671. The molecule has 0 saturated heterocycles. The molecule has 1 aliphatic rings. The molecule has 0 spiro atoms. The summed E-state index contributed by atoms with van der Waals surface area (Å²) in [6.07, 6.45) is 17.6. The largest absolute Gasteiger partial charge is 0.491 e. The number of nitriles is 8. The zero-order chi connectivity index (χ0) is 71.2. The summed E-state index contributed by atoms with van der Waals surface area (Å²) < 4.78 is 29.9. The smallest absolute Gasteiger partial charge is 0.132 e. The summed E-state index contributed by atoms with van der Waals surface area (Å²) in [6, 6.07) is 43.4. The molecule has 0 fully saturated rings. The summed E-state index contributed by atoms with van der Waals surface area (Å²) in [5, 5.41) is 74.7. The topological polar surface area (TPSA) is 259 Å². The third kappa shape index (κ3) is 41.1. The van der Waals surface area contributed by atoms with Crippen molar-refractivity contribution in [2.24, 2.45) is 0 Å². The van der Waals surface area contributed by atoms with Gasteiger partial charge >= 0.3 is 0 Å². The van der Waals surface area contributed by atoms with Crippen LogP contribution in [0.4, 0.5) is 0 Å². The Balaban J connectivity index is 1.38. The first-order valence-corrected chi connectivity index (χ1v) is 38.4. The van der Waals surface area contributed by atoms with Crippen molar-refractivity contribution in [2.75, 3.05) is 189 Å². The van der Waals surface area contributed by atoms with E-state index in [9.17, 15) is 42.1 Å². The van der Waals surface area contributed by atoms with E-state index in [4.69, 9.17) is 23.7 Å². The number of thioether (sulfide) groups is 1. The standard InChI is InChI=1S/C79H117N15O5S/c80-36-5-13-44-88(45-14-6-37-81)52-21-56-92(57-22-53-89(46-15-7-38-82)47-16-8-39-83)60-25-62-94(63-26-61-93(58-23-54-90(48-17-9-40-84)49-18-10-41-85)59-24-55-91(50-19-11-42-86)51-20-12-43-87)64-35-73-31-33-74(34-32-73)98-70-69-96-66-65-95-67-68-97-71-72-100-79-75-27-1-3-29-77(75)99-78-30-4-2-28-76(78)79/h1-4,27-34,79H,5-26,35,44-72H2. The lowest BCUT2D eigenvalue weighted by Crippen LogP contribution is -2.37. The summed E-state index contributed by atoms with van der Waals surface area (Å²) in [4.78, 5) is 17.6. The number of ether oxygens (including phenoxy) is 5. The molecule has 4 rings (SSSR count). The van der Waals surface area contributed by atoms with Crippen molar-refractivity contribution in [1.82, 2.24) is 34.3 Å². The number of hydrogen-bond donors (Lipinski definition) is 0. The van der Waals surface area contributed by atoms with E-state index >= 15 is 0 Å². The van der Waals surface area contributed by atoms with E-state index in [0.717, 1.165) is 257 Å². The minimum Gasteiger partial charge on any atom is -0.491 e. The minimum absolute atomic E-state index is 0.202. The van der Waals surface area contributed by atoms with Crippen molar-refractivity contribution < 1.29 is 23.7 Å². The van der Waals surface area contributed by atoms with Crippen molar-refractivity contribution in [3.05, 3.63) is 89.5 Å². The average molecular weight is 1390 g/mol. The van der Waals surface area contributed by atoms with Crippen LogP contribution in [0.3, 0.4) is 0 Å². The summed E-state index contributed by atoms with van der Waals surface area (Å²) in [6.45, 7) is 22.5. The highest BCUT2D eigenvalue weighted by Crippen LogP contribution is 2.49. The molecule has 21 heteroatoms. The Labute approximate surface area is 606 Å². The van der Waals surface area contributed by atoms with Gasteiger partial charge in [-0.25, -0.2) is 0 Å². The molecule has 0 N–H and O–H groups in total. The van der Waals surface area contributed by atoms with Gasteiger partial charge in [-0.15, -0.1) is 11.8 Å². The number of unbranched alkanes of at least 4 members (excludes halogenated alkanes) is 8. The Hall–Kier alpha value is -6.87. The van der Waals surface area contributed by atoms with Gasteiger partial charge in [0.1, 0.15) is 23.9 Å². The maximum atomic E-state index is 9.31. The molecule has 1 aliphatic heterocycles. The van der Waals surface area contributed by atoms with E-state index in [-0.39, 0.29) is 5.25 Å². The third-order valence-corrected chi connectivity index (χ3v) is 19.1. The van der Waals surface area contributed by atoms with E-state index < -0.39 is 0 Å². The van der Waals surface area contributed by atoms with Crippen LogP contribution in [0.5, 0.6) is 17.2 Å². The van der Waals surface area contributed by atoms with E-state index in [1.54, 1.807) is 0 Å². The van der Waals surface area contributed by atoms with Gasteiger partial charge in [0.2, 0.25) is 0 Å². The number of para-hydroxylation sites is 2. The number of rotatable bonds is 65. The Morgan fingerprint density at radius 2 is 0.560 bits per heavy atom. The van der Waals surface area contributed by atoms with Gasteiger partial charge in [-0.2, -0.15) is 42.1 Å². The molecule has 0 unspecified atom stereocenters. The normalized spacial score (nSPS) is 11.8. The third-order valence-electron chi connectivity index (χ3n) is 17.8. The van der Waals surface area contributed by atoms with Gasteiger partial charge in [-0.05, 0) is 257 Å². The second kappa shape index (κ2) is 59.8. The van der Waals surface area contributed by atoms with Crippen molar-refractivity contribution in [2.45, 2.75) is 153 Å². The maximum absolute atomic E-state index is 9.31. The molecule has 0 aromatic heterocycles. The second-order valence-corrected chi connectivity index (χ2v) is 26.8. The molecule has 0 atom stereocenters. The Morgan fingerprint density at radius 1 is 0.300 bits per heavy atom. The average Bonchev–Trinajstić information content (AvgIpc) is 0.781. The molecule has 0 bridgehead atoms. The number of hydrogen-bond acceptors (Lipinski definition) is 21. The highest BCUT2D eigenvalue weighted by atomic mass is 32.2. The Bertz CT molecular complexity index is 2590. The van der Waals surface area contributed by atoms with Gasteiger partial charge in [0.05, 0.1) is 93.4 Å². The van der Waals surface area contributed by atoms with Gasteiger partial charge < -0.3 is 58.0 Å². The van der Waals surface area contributed by atoms with Crippen LogP contribution in [0.15, 0.2) is 72.8 Å². The van der Waals surface area contributed by atoms with Crippen LogP contribution < -0.4 is 9.47 Å². The zero-order valence-electron chi connectivity index (χ0n) is 60.4. The van der Waals surface area contributed by atoms with Gasteiger partial charge in [0.25, 0.3) is 0 Å². The Kier molecular flexibility index (Phi) is 51.1. The predicted molar refractivity (Wildman–Crippen MR) is 397 cm³/mol. The van der Waals surface area contributed by atoms with Crippen LogP contribution >= 0.6 is 11.8 Å². The summed E-state index contributed by atoms with van der Waals surface area (Å²) in [5.41, 5.74) is 3.64. The van der Waals surface area contributed by atoms with Crippen LogP contribution in [-0.2, 0) is 20.6 Å². The monoisotopic (exact) mass is 1390 g/mol. The van der Waals surface area contributed by atoms with Crippen molar-refractivity contribution in [3.8, 4) is 65.8 Å².